The largest absolute Gasteiger partial charge is 0.465 e. The zero-order valence-corrected chi connectivity index (χ0v) is 9.82. The van der Waals surface area contributed by atoms with Gasteiger partial charge in [-0.05, 0) is 32.4 Å². The van der Waals surface area contributed by atoms with E-state index >= 15 is 0 Å². The number of hydrogen-bond acceptors (Lipinski definition) is 3. The molecule has 0 fully saturated rings. The molecule has 0 radical (unpaired) electrons. The molecule has 0 bridgehead atoms. The van der Waals surface area contributed by atoms with Crippen LogP contribution in [0.15, 0.2) is 24.3 Å². The summed E-state index contributed by atoms with van der Waals surface area (Å²) in [5, 5.41) is 0. The lowest BCUT2D eigenvalue weighted by atomic mass is 9.84. The topological polar surface area (TPSA) is 43.4 Å². The van der Waals surface area contributed by atoms with Crippen LogP contribution < -0.4 is 0 Å². The molecule has 1 rings (SSSR count). The predicted octanol–water partition coefficient (Wildman–Crippen LogP) is 2.34. The van der Waals surface area contributed by atoms with Crippen molar-refractivity contribution in [3.05, 3.63) is 35.4 Å². The highest BCUT2D eigenvalue weighted by Crippen LogP contribution is 2.25. The average Bonchev–Trinajstić information content (AvgIpc) is 2.29. The summed E-state index contributed by atoms with van der Waals surface area (Å²) < 4.78 is 5.01. The quantitative estimate of drug-likeness (QED) is 0.577. The van der Waals surface area contributed by atoms with E-state index in [0.717, 1.165) is 11.8 Å². The minimum Gasteiger partial charge on any atom is -0.465 e. The van der Waals surface area contributed by atoms with Gasteiger partial charge in [-0.15, -0.1) is 0 Å². The molecule has 0 spiro atoms. The number of carbonyl (C=O) groups is 2. The van der Waals surface area contributed by atoms with Crippen molar-refractivity contribution in [1.29, 1.82) is 0 Å². The number of aldehydes is 1. The first-order chi connectivity index (χ1) is 7.52. The molecule has 0 aliphatic carbocycles. The summed E-state index contributed by atoms with van der Waals surface area (Å²) in [5.41, 5.74) is 0.625. The van der Waals surface area contributed by atoms with Gasteiger partial charge in [0.1, 0.15) is 6.29 Å². The normalized spacial score (nSPS) is 10.9. The Balaban J connectivity index is 3.05. The Morgan fingerprint density at radius 1 is 1.44 bits per heavy atom. The van der Waals surface area contributed by atoms with Gasteiger partial charge in [-0.25, -0.2) is 0 Å². The summed E-state index contributed by atoms with van der Waals surface area (Å²) in [6.07, 6.45) is 0.769. The van der Waals surface area contributed by atoms with Crippen LogP contribution in [0.4, 0.5) is 0 Å². The standard InChI is InChI=1S/C13H16O3/c1-4-16-12(15)13(2,3)11-7-5-6-10(8-11)9-14/h5-9H,4H2,1-3H3. The lowest BCUT2D eigenvalue weighted by molar-refractivity contribution is -0.148. The second-order valence-corrected chi connectivity index (χ2v) is 4.09. The monoisotopic (exact) mass is 220 g/mol. The van der Waals surface area contributed by atoms with Crippen LogP contribution in [-0.4, -0.2) is 18.9 Å². The molecule has 0 amide bonds. The molecule has 1 aromatic rings. The highest BCUT2D eigenvalue weighted by molar-refractivity contribution is 5.83. The number of esters is 1. The van der Waals surface area contributed by atoms with E-state index in [0.29, 0.717) is 12.2 Å². The van der Waals surface area contributed by atoms with Crippen LogP contribution in [0.1, 0.15) is 36.7 Å². The van der Waals surface area contributed by atoms with Crippen LogP contribution in [0.5, 0.6) is 0 Å². The average molecular weight is 220 g/mol. The molecule has 0 N–H and O–H groups in total. The fraction of sp³-hybridized carbons (Fsp3) is 0.385. The Hall–Kier alpha value is -1.64. The summed E-state index contributed by atoms with van der Waals surface area (Å²) in [5.74, 6) is -0.280. The van der Waals surface area contributed by atoms with Crippen LogP contribution in [0.3, 0.4) is 0 Å². The van der Waals surface area contributed by atoms with Crippen LogP contribution in [0.25, 0.3) is 0 Å². The van der Waals surface area contributed by atoms with E-state index < -0.39 is 5.41 Å². The first kappa shape index (κ1) is 12.4. The Bertz CT molecular complexity index is 394. The summed E-state index contributed by atoms with van der Waals surface area (Å²) in [6, 6.07) is 7.01. The van der Waals surface area contributed by atoms with Crippen LogP contribution in [0.2, 0.25) is 0 Å². The van der Waals surface area contributed by atoms with E-state index in [1.807, 2.05) is 6.07 Å². The molecule has 0 aliphatic rings. The fourth-order valence-electron chi connectivity index (χ4n) is 1.43. The Morgan fingerprint density at radius 2 is 2.12 bits per heavy atom. The van der Waals surface area contributed by atoms with Crippen LogP contribution in [-0.2, 0) is 14.9 Å². The zero-order chi connectivity index (χ0) is 12.2. The third-order valence-corrected chi connectivity index (χ3v) is 2.53. The molecular weight excluding hydrogens is 204 g/mol. The molecule has 0 unspecified atom stereocenters. The van der Waals surface area contributed by atoms with E-state index in [9.17, 15) is 9.59 Å². The van der Waals surface area contributed by atoms with E-state index in [-0.39, 0.29) is 5.97 Å². The highest BCUT2D eigenvalue weighted by atomic mass is 16.5. The maximum atomic E-state index is 11.8. The van der Waals surface area contributed by atoms with Crippen molar-refractivity contribution in [1.82, 2.24) is 0 Å². The third-order valence-electron chi connectivity index (χ3n) is 2.53. The zero-order valence-electron chi connectivity index (χ0n) is 9.82. The predicted molar refractivity (Wildman–Crippen MR) is 61.5 cm³/mol. The Kier molecular flexibility index (Phi) is 3.82. The molecular formula is C13H16O3. The molecule has 0 heterocycles. The Labute approximate surface area is 95.4 Å². The highest BCUT2D eigenvalue weighted by Gasteiger charge is 2.31. The molecule has 0 saturated heterocycles. The maximum Gasteiger partial charge on any atom is 0.315 e. The van der Waals surface area contributed by atoms with Crippen molar-refractivity contribution in [3.8, 4) is 0 Å². The van der Waals surface area contributed by atoms with Crippen molar-refractivity contribution in [3.63, 3.8) is 0 Å². The summed E-state index contributed by atoms with van der Waals surface area (Å²) in [4.78, 5) is 22.4. The summed E-state index contributed by atoms with van der Waals surface area (Å²) in [6.45, 7) is 5.70. The lowest BCUT2D eigenvalue weighted by Gasteiger charge is -2.22. The first-order valence-electron chi connectivity index (χ1n) is 5.25. The van der Waals surface area contributed by atoms with Gasteiger partial charge in [0.2, 0.25) is 0 Å². The fourth-order valence-corrected chi connectivity index (χ4v) is 1.43. The summed E-state index contributed by atoms with van der Waals surface area (Å²) >= 11 is 0. The number of rotatable bonds is 4. The molecule has 16 heavy (non-hydrogen) atoms. The third kappa shape index (κ3) is 2.48. The van der Waals surface area contributed by atoms with Crippen molar-refractivity contribution >= 4 is 12.3 Å². The lowest BCUT2D eigenvalue weighted by Crippen LogP contribution is -2.31. The minimum absolute atomic E-state index is 0.280. The Morgan fingerprint density at radius 3 is 2.69 bits per heavy atom. The van der Waals surface area contributed by atoms with Gasteiger partial charge in [0.25, 0.3) is 0 Å². The van der Waals surface area contributed by atoms with E-state index in [2.05, 4.69) is 0 Å². The van der Waals surface area contributed by atoms with Gasteiger partial charge in [-0.2, -0.15) is 0 Å². The van der Waals surface area contributed by atoms with E-state index in [4.69, 9.17) is 4.74 Å². The SMILES string of the molecule is CCOC(=O)C(C)(C)c1cccc(C=O)c1. The number of benzene rings is 1. The van der Waals surface area contributed by atoms with Gasteiger partial charge in [-0.1, -0.05) is 18.2 Å². The van der Waals surface area contributed by atoms with Gasteiger partial charge in [-0.3, -0.25) is 9.59 Å². The van der Waals surface area contributed by atoms with Crippen LogP contribution in [0, 0.1) is 0 Å². The van der Waals surface area contributed by atoms with Crippen molar-refractivity contribution < 1.29 is 14.3 Å². The second kappa shape index (κ2) is 4.92. The molecule has 0 aromatic heterocycles. The van der Waals surface area contributed by atoms with E-state index in [1.165, 1.54) is 0 Å². The number of carbonyl (C=O) groups excluding carboxylic acids is 2. The molecule has 86 valence electrons. The molecule has 1 aromatic carbocycles. The van der Waals surface area contributed by atoms with Gasteiger partial charge in [0.05, 0.1) is 12.0 Å². The van der Waals surface area contributed by atoms with Crippen molar-refractivity contribution in [2.24, 2.45) is 0 Å². The van der Waals surface area contributed by atoms with Crippen LogP contribution >= 0.6 is 0 Å². The molecule has 3 nitrogen and oxygen atoms in total. The molecule has 0 aliphatic heterocycles. The van der Waals surface area contributed by atoms with E-state index in [1.54, 1.807) is 39.0 Å². The maximum absolute atomic E-state index is 11.8. The molecule has 3 heteroatoms. The van der Waals surface area contributed by atoms with Gasteiger partial charge in [0, 0.05) is 5.56 Å². The molecule has 0 atom stereocenters. The smallest absolute Gasteiger partial charge is 0.315 e. The first-order valence-corrected chi connectivity index (χ1v) is 5.25. The van der Waals surface area contributed by atoms with Crippen molar-refractivity contribution in [2.75, 3.05) is 6.61 Å². The molecule has 0 saturated carbocycles. The summed E-state index contributed by atoms with van der Waals surface area (Å²) in [7, 11) is 0. The van der Waals surface area contributed by atoms with Gasteiger partial charge >= 0.3 is 5.97 Å². The van der Waals surface area contributed by atoms with Crippen molar-refractivity contribution in [2.45, 2.75) is 26.2 Å². The van der Waals surface area contributed by atoms with Gasteiger partial charge < -0.3 is 4.74 Å². The van der Waals surface area contributed by atoms with Gasteiger partial charge in [0.15, 0.2) is 0 Å². The minimum atomic E-state index is -0.727. The number of ether oxygens (including phenoxy) is 1. The second-order valence-electron chi connectivity index (χ2n) is 4.09. The number of hydrogen-bond donors (Lipinski definition) is 0.